The number of ether oxygens (including phenoxy) is 2. The number of hydrogen-bond acceptors (Lipinski definition) is 3. The molecule has 2 heterocycles. The van der Waals surface area contributed by atoms with Gasteiger partial charge < -0.3 is 14.8 Å². The molecule has 20 heavy (non-hydrogen) atoms. The van der Waals surface area contributed by atoms with Crippen LogP contribution in [0.5, 0.6) is 11.5 Å². The summed E-state index contributed by atoms with van der Waals surface area (Å²) in [5.74, 6) is 1.31. The lowest BCUT2D eigenvalue weighted by Gasteiger charge is -2.21. The average Bonchev–Trinajstić information content (AvgIpc) is 3.12. The van der Waals surface area contributed by atoms with Crippen LogP contribution in [0, 0.1) is 0 Å². The van der Waals surface area contributed by atoms with E-state index in [1.54, 1.807) is 0 Å². The molecule has 2 aliphatic heterocycles. The molecule has 1 unspecified atom stereocenters. The molecule has 4 heteroatoms. The first kappa shape index (κ1) is 12.8. The second-order valence-corrected chi connectivity index (χ2v) is 6.62. The van der Waals surface area contributed by atoms with Crippen LogP contribution in [0.2, 0.25) is 5.02 Å². The molecule has 2 fully saturated rings. The van der Waals surface area contributed by atoms with Crippen molar-refractivity contribution in [3.8, 4) is 11.5 Å². The second-order valence-electron chi connectivity index (χ2n) is 6.21. The lowest BCUT2D eigenvalue weighted by molar-refractivity contribution is -0.0716. The molecule has 1 atom stereocenters. The van der Waals surface area contributed by atoms with Crippen LogP contribution >= 0.6 is 11.6 Å². The van der Waals surface area contributed by atoms with Gasteiger partial charge in [0.25, 0.3) is 5.79 Å². The van der Waals surface area contributed by atoms with Crippen LogP contribution in [0.4, 0.5) is 0 Å². The predicted molar refractivity (Wildman–Crippen MR) is 78.6 cm³/mol. The number of hydrogen-bond donors (Lipinski definition) is 1. The van der Waals surface area contributed by atoms with E-state index in [2.05, 4.69) is 11.4 Å². The zero-order valence-electron chi connectivity index (χ0n) is 11.6. The molecule has 3 aliphatic rings. The Bertz CT molecular complexity index is 519. The summed E-state index contributed by atoms with van der Waals surface area (Å²) < 4.78 is 12.2. The van der Waals surface area contributed by atoms with E-state index in [0.717, 1.165) is 42.3 Å². The molecule has 1 spiro atoms. The summed E-state index contributed by atoms with van der Waals surface area (Å²) in [6.07, 6.45) is 7.80. The van der Waals surface area contributed by atoms with Gasteiger partial charge in [0.15, 0.2) is 11.5 Å². The average molecular weight is 294 g/mol. The quantitative estimate of drug-likeness (QED) is 0.902. The van der Waals surface area contributed by atoms with Crippen LogP contribution < -0.4 is 14.8 Å². The fraction of sp³-hybridized carbons (Fsp3) is 0.625. The third-order valence-corrected chi connectivity index (χ3v) is 5.05. The zero-order chi connectivity index (χ0) is 13.6. The Hall–Kier alpha value is -0.930. The highest BCUT2D eigenvalue weighted by molar-refractivity contribution is 6.31. The molecule has 1 N–H and O–H groups in total. The van der Waals surface area contributed by atoms with Crippen LogP contribution in [0.3, 0.4) is 0 Å². The molecule has 108 valence electrons. The summed E-state index contributed by atoms with van der Waals surface area (Å²) in [7, 11) is 0. The molecule has 1 saturated carbocycles. The van der Waals surface area contributed by atoms with Gasteiger partial charge in [0.05, 0.1) is 0 Å². The smallest absolute Gasteiger partial charge is 0.251 e. The molecular formula is C16H20ClNO2. The minimum Gasteiger partial charge on any atom is -0.448 e. The van der Waals surface area contributed by atoms with Crippen molar-refractivity contribution < 1.29 is 9.47 Å². The Morgan fingerprint density at radius 3 is 2.60 bits per heavy atom. The van der Waals surface area contributed by atoms with Gasteiger partial charge in [-0.2, -0.15) is 0 Å². The van der Waals surface area contributed by atoms with Gasteiger partial charge in [0.1, 0.15) is 0 Å². The number of rotatable bonds is 2. The Morgan fingerprint density at radius 2 is 1.90 bits per heavy atom. The minimum atomic E-state index is -0.393. The maximum absolute atomic E-state index is 6.42. The van der Waals surface area contributed by atoms with Gasteiger partial charge in [-0.1, -0.05) is 11.6 Å². The Morgan fingerprint density at radius 1 is 1.15 bits per heavy atom. The Kier molecular flexibility index (Phi) is 3.08. The number of halogens is 1. The summed E-state index contributed by atoms with van der Waals surface area (Å²) in [5.41, 5.74) is 1.17. The molecule has 3 nitrogen and oxygen atoms in total. The molecule has 0 amide bonds. The fourth-order valence-electron chi connectivity index (χ4n) is 3.63. The normalized spacial score (nSPS) is 26.6. The van der Waals surface area contributed by atoms with E-state index in [0.29, 0.717) is 6.04 Å². The fourth-order valence-corrected chi connectivity index (χ4v) is 3.86. The molecular weight excluding hydrogens is 274 g/mol. The standard InChI is InChI=1S/C16H20ClNO2/c17-13-10-15-14(19-16(20-15)5-1-2-6-16)9-11(13)8-12-4-3-7-18-12/h9-10,12,18H,1-8H2. The van der Waals surface area contributed by atoms with Gasteiger partial charge in [0.2, 0.25) is 0 Å². The van der Waals surface area contributed by atoms with E-state index < -0.39 is 5.79 Å². The van der Waals surface area contributed by atoms with Gasteiger partial charge in [-0.3, -0.25) is 0 Å². The van der Waals surface area contributed by atoms with Crippen molar-refractivity contribution in [3.63, 3.8) is 0 Å². The number of fused-ring (bicyclic) bond motifs is 1. The van der Waals surface area contributed by atoms with Crippen molar-refractivity contribution in [3.05, 3.63) is 22.7 Å². The van der Waals surface area contributed by atoms with E-state index in [9.17, 15) is 0 Å². The van der Waals surface area contributed by atoms with Crippen LogP contribution in [0.1, 0.15) is 44.1 Å². The summed E-state index contributed by atoms with van der Waals surface area (Å²) in [4.78, 5) is 0. The van der Waals surface area contributed by atoms with Crippen LogP contribution in [0.25, 0.3) is 0 Å². The lowest BCUT2D eigenvalue weighted by Crippen LogP contribution is -2.34. The monoisotopic (exact) mass is 293 g/mol. The maximum Gasteiger partial charge on any atom is 0.251 e. The summed E-state index contributed by atoms with van der Waals surface area (Å²) in [6, 6.07) is 4.58. The van der Waals surface area contributed by atoms with E-state index in [-0.39, 0.29) is 0 Å². The van der Waals surface area contributed by atoms with Crippen molar-refractivity contribution in [2.75, 3.05) is 6.54 Å². The van der Waals surface area contributed by atoms with Crippen molar-refractivity contribution in [1.82, 2.24) is 5.32 Å². The topological polar surface area (TPSA) is 30.5 Å². The van der Waals surface area contributed by atoms with Gasteiger partial charge in [-0.05, 0) is 50.3 Å². The molecule has 1 aromatic carbocycles. The maximum atomic E-state index is 6.42. The van der Waals surface area contributed by atoms with Gasteiger partial charge >= 0.3 is 0 Å². The molecule has 1 saturated heterocycles. The van der Waals surface area contributed by atoms with Crippen molar-refractivity contribution in [1.29, 1.82) is 0 Å². The summed E-state index contributed by atoms with van der Waals surface area (Å²) >= 11 is 6.42. The predicted octanol–water partition coefficient (Wildman–Crippen LogP) is 3.68. The van der Waals surface area contributed by atoms with Crippen molar-refractivity contribution >= 4 is 11.6 Å². The highest BCUT2D eigenvalue weighted by Crippen LogP contribution is 2.48. The first-order valence-corrected chi connectivity index (χ1v) is 8.06. The van der Waals surface area contributed by atoms with Crippen molar-refractivity contribution in [2.24, 2.45) is 0 Å². The van der Waals surface area contributed by atoms with Gasteiger partial charge in [0, 0.05) is 30.0 Å². The highest BCUT2D eigenvalue weighted by Gasteiger charge is 2.44. The minimum absolute atomic E-state index is 0.393. The van der Waals surface area contributed by atoms with Crippen LogP contribution in [-0.2, 0) is 6.42 Å². The molecule has 0 bridgehead atoms. The van der Waals surface area contributed by atoms with E-state index in [4.69, 9.17) is 21.1 Å². The van der Waals surface area contributed by atoms with Gasteiger partial charge in [-0.15, -0.1) is 0 Å². The molecule has 4 rings (SSSR count). The third kappa shape index (κ3) is 2.17. The Balaban J connectivity index is 1.58. The largest absolute Gasteiger partial charge is 0.448 e. The molecule has 0 radical (unpaired) electrons. The van der Waals surface area contributed by atoms with E-state index in [1.807, 2.05) is 6.07 Å². The van der Waals surface area contributed by atoms with Gasteiger partial charge in [-0.25, -0.2) is 0 Å². The number of nitrogens with one attached hydrogen (secondary N) is 1. The lowest BCUT2D eigenvalue weighted by atomic mass is 10.0. The molecule has 0 aromatic heterocycles. The highest BCUT2D eigenvalue weighted by atomic mass is 35.5. The summed E-state index contributed by atoms with van der Waals surface area (Å²) in [6.45, 7) is 1.12. The SMILES string of the molecule is Clc1cc2c(cc1CC1CCCN1)OC1(CCCC1)O2. The molecule has 1 aliphatic carbocycles. The van der Waals surface area contributed by atoms with E-state index >= 15 is 0 Å². The first-order chi connectivity index (χ1) is 9.74. The molecule has 1 aromatic rings. The number of benzene rings is 1. The van der Waals surface area contributed by atoms with Crippen LogP contribution in [-0.4, -0.2) is 18.4 Å². The van der Waals surface area contributed by atoms with Crippen molar-refractivity contribution in [2.45, 2.75) is 56.8 Å². The van der Waals surface area contributed by atoms with E-state index in [1.165, 1.54) is 31.2 Å². The Labute approximate surface area is 124 Å². The first-order valence-electron chi connectivity index (χ1n) is 7.68. The van der Waals surface area contributed by atoms with Crippen LogP contribution in [0.15, 0.2) is 12.1 Å². The zero-order valence-corrected chi connectivity index (χ0v) is 12.3. The third-order valence-electron chi connectivity index (χ3n) is 4.70. The second kappa shape index (κ2) is 4.81. The summed E-state index contributed by atoms with van der Waals surface area (Å²) in [5, 5.41) is 4.32.